The van der Waals surface area contributed by atoms with E-state index in [2.05, 4.69) is 24.7 Å². The third-order valence-electron chi connectivity index (χ3n) is 6.92. The number of oxime groups is 1. The summed E-state index contributed by atoms with van der Waals surface area (Å²) in [5.41, 5.74) is 10.7. The first-order valence-electron chi connectivity index (χ1n) is 13.1. The summed E-state index contributed by atoms with van der Waals surface area (Å²) in [7, 11) is -4.99. The van der Waals surface area contributed by atoms with Gasteiger partial charge in [-0.15, -0.1) is 15.6 Å². The monoisotopic (exact) mass is 653 g/mol. The van der Waals surface area contributed by atoms with E-state index in [9.17, 15) is 27.9 Å². The molecule has 0 unspecified atom stereocenters. The Morgan fingerprint density at radius 3 is 2.55 bits per heavy atom. The topological polar surface area (TPSA) is 258 Å². The minimum absolute atomic E-state index is 0.0265. The lowest BCUT2D eigenvalue weighted by molar-refractivity contribution is -0.228. The van der Waals surface area contributed by atoms with Gasteiger partial charge in [0.2, 0.25) is 0 Å². The molecule has 0 bridgehead atoms. The number of thiazole rings is 1. The molecule has 44 heavy (non-hydrogen) atoms. The Bertz CT molecular complexity index is 1570. The molecule has 1 aromatic carbocycles. The van der Waals surface area contributed by atoms with E-state index in [-0.39, 0.29) is 16.9 Å². The van der Waals surface area contributed by atoms with Crippen molar-refractivity contribution in [1.29, 1.82) is 0 Å². The van der Waals surface area contributed by atoms with Crippen molar-refractivity contribution in [2.75, 3.05) is 25.4 Å². The number of hydrogen-bond donors (Lipinski definition) is 5. The van der Waals surface area contributed by atoms with Crippen LogP contribution in [0.4, 0.5) is 5.13 Å². The van der Waals surface area contributed by atoms with Gasteiger partial charge in [-0.25, -0.2) is 9.78 Å². The van der Waals surface area contributed by atoms with Gasteiger partial charge in [-0.1, -0.05) is 5.16 Å². The normalized spacial score (nSPS) is 21.1. The van der Waals surface area contributed by atoms with E-state index < -0.39 is 64.4 Å². The quantitative estimate of drug-likeness (QED) is 0.0590. The minimum Gasteiger partial charge on any atom is -0.489 e. The van der Waals surface area contributed by atoms with Gasteiger partial charge < -0.3 is 31.5 Å². The second kappa shape index (κ2) is 13.2. The number of Topliss-reactive ketones (excluding diaryl/α,β-unsaturated/α-hetero) is 1. The third kappa shape index (κ3) is 7.85. The molecule has 1 amide bonds. The summed E-state index contributed by atoms with van der Waals surface area (Å²) in [5.74, 6) is -3.49. The fourth-order valence-corrected chi connectivity index (χ4v) is 5.47. The van der Waals surface area contributed by atoms with Crippen molar-refractivity contribution in [3.05, 3.63) is 40.9 Å². The second-order valence-electron chi connectivity index (χ2n) is 10.4. The van der Waals surface area contributed by atoms with Gasteiger partial charge in [0, 0.05) is 23.9 Å². The van der Waals surface area contributed by atoms with Crippen molar-refractivity contribution in [3.63, 3.8) is 0 Å². The first-order chi connectivity index (χ1) is 20.7. The van der Waals surface area contributed by atoms with Crippen LogP contribution < -0.4 is 21.5 Å². The summed E-state index contributed by atoms with van der Waals surface area (Å²) < 4.78 is 41.0. The molecule has 0 radical (unpaired) electrons. The summed E-state index contributed by atoms with van der Waals surface area (Å²) in [6, 6.07) is 6.64. The fourth-order valence-electron chi connectivity index (χ4n) is 4.46. The van der Waals surface area contributed by atoms with E-state index in [1.807, 2.05) is 0 Å². The smallest absolute Gasteiger partial charge is 0.418 e. The Morgan fingerprint density at radius 2 is 2.00 bits per heavy atom. The number of carboxylic acids is 1. The van der Waals surface area contributed by atoms with Crippen LogP contribution in [0, 0.1) is 5.92 Å². The van der Waals surface area contributed by atoms with Gasteiger partial charge in [-0.3, -0.25) is 19.1 Å². The lowest BCUT2D eigenvalue weighted by atomic mass is 9.74. The van der Waals surface area contributed by atoms with E-state index in [0.29, 0.717) is 22.2 Å². The van der Waals surface area contributed by atoms with Crippen molar-refractivity contribution in [2.45, 2.75) is 44.4 Å². The number of aliphatic imine (C=N–C) groups is 1. The van der Waals surface area contributed by atoms with Gasteiger partial charge in [-0.2, -0.15) is 13.5 Å². The van der Waals surface area contributed by atoms with Crippen LogP contribution in [-0.2, 0) is 33.9 Å². The molecule has 4 rings (SSSR count). The van der Waals surface area contributed by atoms with Crippen LogP contribution in [0.2, 0.25) is 0 Å². The molecule has 3 atom stereocenters. The molecule has 3 heterocycles. The zero-order chi connectivity index (χ0) is 32.2. The van der Waals surface area contributed by atoms with E-state index in [1.165, 1.54) is 19.2 Å². The van der Waals surface area contributed by atoms with E-state index >= 15 is 0 Å². The number of amides is 1. The van der Waals surface area contributed by atoms with Crippen molar-refractivity contribution < 1.29 is 46.3 Å². The number of rotatable bonds is 14. The highest BCUT2D eigenvalue weighted by Gasteiger charge is 2.57. The van der Waals surface area contributed by atoms with Gasteiger partial charge in [0.05, 0.1) is 17.5 Å². The number of anilines is 1. The number of carboxylic acid groups (broad SMARTS) is 1. The Balaban J connectivity index is 1.44. The number of amidine groups is 1. The van der Waals surface area contributed by atoms with Crippen LogP contribution >= 0.6 is 11.3 Å². The highest BCUT2D eigenvalue weighted by molar-refractivity contribution is 7.80. The standard InChI is InChI=1S/C25H31N7O10S2/c1-25(2)16(22(34)32(25)42-44(37,38)39)9-18(33)20(17-12-43-24(27)30-17)31-41-19(23(35)36)11-40-15-5-3-13(4-6-15)21(26)29-14-7-8-28-10-14/h3-6,12,14,16,19,28H,7-11H2,1-2H3,(H2,26,29)(H2,27,30)(H,35,36)(H,37,38,39)/b31-20-/t14-,16-,19+/m1/s1. The maximum absolute atomic E-state index is 13.3. The molecule has 7 N–H and O–H groups in total. The number of hydroxylamine groups is 2. The van der Waals surface area contributed by atoms with Gasteiger partial charge in [0.25, 0.3) is 12.0 Å². The second-order valence-corrected chi connectivity index (χ2v) is 12.3. The number of carbonyl (C=O) groups excluding carboxylic acids is 2. The van der Waals surface area contributed by atoms with Gasteiger partial charge >= 0.3 is 16.4 Å². The molecule has 19 heteroatoms. The molecule has 2 saturated heterocycles. The number of nitrogens with zero attached hydrogens (tertiary/aromatic N) is 4. The molecule has 2 aliphatic rings. The molecular weight excluding hydrogens is 622 g/mol. The lowest BCUT2D eigenvalue weighted by Gasteiger charge is -2.50. The maximum Gasteiger partial charge on any atom is 0.418 e. The number of nitrogens with two attached hydrogens (primary N) is 2. The molecule has 238 valence electrons. The van der Waals surface area contributed by atoms with E-state index in [1.54, 1.807) is 24.3 Å². The van der Waals surface area contributed by atoms with Crippen LogP contribution in [0.3, 0.4) is 0 Å². The predicted molar refractivity (Wildman–Crippen MR) is 156 cm³/mol. The van der Waals surface area contributed by atoms with Crippen molar-refractivity contribution in [1.82, 2.24) is 15.4 Å². The van der Waals surface area contributed by atoms with Crippen LogP contribution in [0.25, 0.3) is 0 Å². The molecule has 2 fully saturated rings. The fraction of sp³-hybridized carbons (Fsp3) is 0.440. The summed E-state index contributed by atoms with van der Waals surface area (Å²) in [6.45, 7) is 3.98. The first-order valence-corrected chi connectivity index (χ1v) is 15.4. The number of benzene rings is 1. The Kier molecular flexibility index (Phi) is 9.84. The number of ketones is 1. The van der Waals surface area contributed by atoms with E-state index in [0.717, 1.165) is 30.8 Å². The Morgan fingerprint density at radius 1 is 1.30 bits per heavy atom. The average molecular weight is 654 g/mol. The number of nitrogens with one attached hydrogen (secondary N) is 1. The third-order valence-corrected chi connectivity index (χ3v) is 7.93. The van der Waals surface area contributed by atoms with Gasteiger partial charge in [0.15, 0.2) is 16.6 Å². The minimum atomic E-state index is -4.99. The number of carbonyl (C=O) groups is 3. The predicted octanol–water partition coefficient (Wildman–Crippen LogP) is -0.0240. The summed E-state index contributed by atoms with van der Waals surface area (Å²) in [5, 5.41) is 18.6. The Labute approximate surface area is 255 Å². The molecule has 0 spiro atoms. The number of aromatic nitrogens is 1. The highest BCUT2D eigenvalue weighted by atomic mass is 32.3. The molecule has 0 aliphatic carbocycles. The average Bonchev–Trinajstić information content (AvgIpc) is 3.63. The molecule has 2 aliphatic heterocycles. The van der Waals surface area contributed by atoms with Gasteiger partial charge in [-0.05, 0) is 51.1 Å². The van der Waals surface area contributed by atoms with E-state index in [4.69, 9.17) is 25.6 Å². The van der Waals surface area contributed by atoms with Crippen molar-refractivity contribution >= 4 is 56.1 Å². The molecule has 2 aromatic rings. The Hall–Kier alpha value is -4.17. The number of ether oxygens (including phenoxy) is 1. The number of nitrogen functional groups attached to an aromatic ring is 1. The lowest BCUT2D eigenvalue weighted by Crippen LogP contribution is -2.68. The van der Waals surface area contributed by atoms with Crippen molar-refractivity contribution in [3.8, 4) is 5.75 Å². The van der Waals surface area contributed by atoms with Crippen LogP contribution in [0.1, 0.15) is 37.9 Å². The highest BCUT2D eigenvalue weighted by Crippen LogP contribution is 2.40. The maximum atomic E-state index is 13.3. The van der Waals surface area contributed by atoms with Crippen LogP contribution in [0.5, 0.6) is 5.75 Å². The summed E-state index contributed by atoms with van der Waals surface area (Å²) >= 11 is 0.983. The number of aliphatic carboxylic acids is 1. The zero-order valence-corrected chi connectivity index (χ0v) is 25.2. The zero-order valence-electron chi connectivity index (χ0n) is 23.6. The van der Waals surface area contributed by atoms with Crippen LogP contribution in [-0.4, -0.2) is 94.7 Å². The van der Waals surface area contributed by atoms with Crippen LogP contribution in [0.15, 0.2) is 39.8 Å². The largest absolute Gasteiger partial charge is 0.489 e. The summed E-state index contributed by atoms with van der Waals surface area (Å²) in [6.07, 6.45) is -1.26. The van der Waals surface area contributed by atoms with Crippen molar-refractivity contribution in [2.24, 2.45) is 21.8 Å². The molecule has 1 aromatic heterocycles. The SMILES string of the molecule is CC1(C)[C@H](CC(=O)/C(=N\O[C@@H](COc2ccc(C(N)=N[C@@H]3CCNC3)cc2)C(=O)O)c2csc(N)n2)C(=O)N1OS(=O)(=O)O. The number of hydrogen-bond acceptors (Lipinski definition) is 14. The summed E-state index contributed by atoms with van der Waals surface area (Å²) in [4.78, 5) is 51.4. The molecule has 17 nitrogen and oxygen atoms in total. The number of β-lactam (4-membered cyclic amide) rings is 1. The van der Waals surface area contributed by atoms with Gasteiger partial charge in [0.1, 0.15) is 23.9 Å². The molecular formula is C25H31N7O10S2. The molecule has 0 saturated carbocycles. The first kappa shape index (κ1) is 32.7.